The number of ether oxygens (including phenoxy) is 2. The first kappa shape index (κ1) is 25.7. The standard InChI is InChI=1S/C20H34N4O2.HI/c1-6-14-26-19-11-9-8-10-17(19)15-22-20(21-3)23-16-18(25-7-2)12-13-24(4)5;/h6,8-11,18H,1,7,12-16H2,2-5H3,(H2,21,22,23);1H. The quantitative estimate of drug-likeness (QED) is 0.204. The molecule has 0 spiro atoms. The van der Waals surface area contributed by atoms with E-state index >= 15 is 0 Å². The molecule has 0 aliphatic rings. The highest BCUT2D eigenvalue weighted by atomic mass is 127. The second-order valence-corrected chi connectivity index (χ2v) is 6.18. The van der Waals surface area contributed by atoms with Crippen molar-refractivity contribution in [3.05, 3.63) is 42.5 Å². The van der Waals surface area contributed by atoms with Gasteiger partial charge in [-0.1, -0.05) is 30.9 Å². The number of guanidine groups is 1. The lowest BCUT2D eigenvalue weighted by Crippen LogP contribution is -2.42. The summed E-state index contributed by atoms with van der Waals surface area (Å²) in [6, 6.07) is 7.97. The van der Waals surface area contributed by atoms with Crippen molar-refractivity contribution in [2.24, 2.45) is 4.99 Å². The minimum absolute atomic E-state index is 0. The molecule has 0 saturated heterocycles. The van der Waals surface area contributed by atoms with Gasteiger partial charge in [-0.3, -0.25) is 4.99 Å². The zero-order valence-electron chi connectivity index (χ0n) is 17.0. The van der Waals surface area contributed by atoms with Crippen molar-refractivity contribution in [1.82, 2.24) is 15.5 Å². The summed E-state index contributed by atoms with van der Waals surface area (Å²) in [7, 11) is 5.91. The molecule has 0 fully saturated rings. The van der Waals surface area contributed by atoms with E-state index in [1.165, 1.54) is 0 Å². The highest BCUT2D eigenvalue weighted by molar-refractivity contribution is 14.0. The molecule has 1 atom stereocenters. The number of rotatable bonds is 12. The second kappa shape index (κ2) is 15.7. The molecule has 6 nitrogen and oxygen atoms in total. The summed E-state index contributed by atoms with van der Waals surface area (Å²) >= 11 is 0. The van der Waals surface area contributed by atoms with E-state index in [-0.39, 0.29) is 30.1 Å². The lowest BCUT2D eigenvalue weighted by molar-refractivity contribution is 0.0548. The maximum absolute atomic E-state index is 5.81. The minimum Gasteiger partial charge on any atom is -0.489 e. The van der Waals surface area contributed by atoms with Crippen molar-refractivity contribution in [2.75, 3.05) is 47.4 Å². The lowest BCUT2D eigenvalue weighted by atomic mass is 10.2. The molecule has 27 heavy (non-hydrogen) atoms. The Balaban J connectivity index is 0.00000676. The molecule has 0 aliphatic heterocycles. The van der Waals surface area contributed by atoms with Gasteiger partial charge in [-0.25, -0.2) is 0 Å². The maximum Gasteiger partial charge on any atom is 0.191 e. The van der Waals surface area contributed by atoms with Gasteiger partial charge in [0.25, 0.3) is 0 Å². The van der Waals surface area contributed by atoms with Crippen LogP contribution in [0.1, 0.15) is 18.9 Å². The fourth-order valence-electron chi connectivity index (χ4n) is 2.43. The van der Waals surface area contributed by atoms with Crippen LogP contribution in [0.5, 0.6) is 5.75 Å². The molecule has 0 heterocycles. The van der Waals surface area contributed by atoms with Gasteiger partial charge in [0.15, 0.2) is 5.96 Å². The van der Waals surface area contributed by atoms with Crippen LogP contribution in [0.15, 0.2) is 41.9 Å². The van der Waals surface area contributed by atoms with Gasteiger partial charge in [-0.15, -0.1) is 24.0 Å². The van der Waals surface area contributed by atoms with Gasteiger partial charge in [-0.05, 0) is 33.5 Å². The monoisotopic (exact) mass is 490 g/mol. The summed E-state index contributed by atoms with van der Waals surface area (Å²) in [5, 5.41) is 6.68. The Kier molecular flexibility index (Phi) is 14.9. The van der Waals surface area contributed by atoms with Gasteiger partial charge in [0, 0.05) is 38.9 Å². The topological polar surface area (TPSA) is 58.1 Å². The molecule has 0 aromatic heterocycles. The van der Waals surface area contributed by atoms with E-state index in [1.54, 1.807) is 13.1 Å². The molecule has 0 aliphatic carbocycles. The summed E-state index contributed by atoms with van der Waals surface area (Å²) in [6.45, 7) is 9.25. The van der Waals surface area contributed by atoms with E-state index < -0.39 is 0 Å². The molecule has 1 rings (SSSR count). The Morgan fingerprint density at radius 1 is 1.30 bits per heavy atom. The second-order valence-electron chi connectivity index (χ2n) is 6.18. The zero-order chi connectivity index (χ0) is 19.2. The number of hydrogen-bond acceptors (Lipinski definition) is 4. The van der Waals surface area contributed by atoms with Crippen LogP contribution in [0.4, 0.5) is 0 Å². The van der Waals surface area contributed by atoms with Crippen LogP contribution in [-0.2, 0) is 11.3 Å². The van der Waals surface area contributed by atoms with E-state index in [1.807, 2.05) is 31.2 Å². The largest absolute Gasteiger partial charge is 0.489 e. The number of nitrogens with one attached hydrogen (secondary N) is 2. The third-order valence-electron chi connectivity index (χ3n) is 3.80. The van der Waals surface area contributed by atoms with E-state index in [4.69, 9.17) is 9.47 Å². The number of benzene rings is 1. The third kappa shape index (κ3) is 11.2. The highest BCUT2D eigenvalue weighted by Crippen LogP contribution is 2.17. The summed E-state index contributed by atoms with van der Waals surface area (Å²) in [5.74, 6) is 1.60. The molecule has 1 unspecified atom stereocenters. The first-order valence-corrected chi connectivity index (χ1v) is 9.13. The predicted molar refractivity (Wildman–Crippen MR) is 124 cm³/mol. The molecule has 2 N–H and O–H groups in total. The lowest BCUT2D eigenvalue weighted by Gasteiger charge is -2.21. The minimum atomic E-state index is 0. The molecule has 0 bridgehead atoms. The number of nitrogens with zero attached hydrogens (tertiary/aromatic N) is 2. The average molecular weight is 490 g/mol. The van der Waals surface area contributed by atoms with E-state index in [0.29, 0.717) is 19.8 Å². The molecule has 0 radical (unpaired) electrons. The fourth-order valence-corrected chi connectivity index (χ4v) is 2.43. The average Bonchev–Trinajstić information content (AvgIpc) is 2.64. The van der Waals surface area contributed by atoms with Crippen LogP contribution in [-0.4, -0.2) is 64.4 Å². The Labute approximate surface area is 181 Å². The van der Waals surface area contributed by atoms with Gasteiger partial charge in [0.2, 0.25) is 0 Å². The molecule has 7 heteroatoms. The van der Waals surface area contributed by atoms with Crippen molar-refractivity contribution >= 4 is 29.9 Å². The molecule has 1 aromatic rings. The van der Waals surface area contributed by atoms with Gasteiger partial charge in [-0.2, -0.15) is 0 Å². The van der Waals surface area contributed by atoms with Gasteiger partial charge in [0.05, 0.1) is 6.10 Å². The van der Waals surface area contributed by atoms with Crippen LogP contribution >= 0.6 is 24.0 Å². The zero-order valence-corrected chi connectivity index (χ0v) is 19.4. The molecule has 0 amide bonds. The van der Waals surface area contributed by atoms with Crippen LogP contribution < -0.4 is 15.4 Å². The molecular formula is C20H35IN4O2. The first-order chi connectivity index (χ1) is 12.6. The first-order valence-electron chi connectivity index (χ1n) is 9.13. The predicted octanol–water partition coefficient (Wildman–Crippen LogP) is 2.89. The van der Waals surface area contributed by atoms with E-state index in [9.17, 15) is 0 Å². The van der Waals surface area contributed by atoms with Gasteiger partial charge in [0.1, 0.15) is 12.4 Å². The summed E-state index contributed by atoms with van der Waals surface area (Å²) in [6.07, 6.45) is 2.87. The summed E-state index contributed by atoms with van der Waals surface area (Å²) < 4.78 is 11.5. The van der Waals surface area contributed by atoms with Crippen molar-refractivity contribution in [3.8, 4) is 5.75 Å². The van der Waals surface area contributed by atoms with E-state index in [2.05, 4.69) is 41.2 Å². The normalized spacial score (nSPS) is 12.3. The molecular weight excluding hydrogens is 455 g/mol. The Hall–Kier alpha value is -1.32. The Morgan fingerprint density at radius 3 is 2.67 bits per heavy atom. The molecule has 0 saturated carbocycles. The van der Waals surface area contributed by atoms with Crippen LogP contribution in [0.25, 0.3) is 0 Å². The van der Waals surface area contributed by atoms with Crippen LogP contribution in [0.3, 0.4) is 0 Å². The van der Waals surface area contributed by atoms with Gasteiger partial charge >= 0.3 is 0 Å². The van der Waals surface area contributed by atoms with Crippen molar-refractivity contribution in [1.29, 1.82) is 0 Å². The number of aliphatic imine (C=N–C) groups is 1. The maximum atomic E-state index is 5.81. The third-order valence-corrected chi connectivity index (χ3v) is 3.80. The summed E-state index contributed by atoms with van der Waals surface area (Å²) in [4.78, 5) is 6.46. The molecule has 154 valence electrons. The van der Waals surface area contributed by atoms with Gasteiger partial charge < -0.3 is 25.0 Å². The van der Waals surface area contributed by atoms with Crippen molar-refractivity contribution in [2.45, 2.75) is 26.0 Å². The van der Waals surface area contributed by atoms with Crippen LogP contribution in [0.2, 0.25) is 0 Å². The smallest absolute Gasteiger partial charge is 0.191 e. The Morgan fingerprint density at radius 2 is 2.04 bits per heavy atom. The number of para-hydroxylation sites is 1. The summed E-state index contributed by atoms with van der Waals surface area (Å²) in [5.41, 5.74) is 1.08. The SMILES string of the molecule is C=CCOc1ccccc1CNC(=NC)NCC(CCN(C)C)OCC.I. The van der Waals surface area contributed by atoms with Crippen molar-refractivity contribution in [3.63, 3.8) is 0 Å². The number of hydrogen-bond donors (Lipinski definition) is 2. The Bertz CT molecular complexity index is 553. The highest BCUT2D eigenvalue weighted by Gasteiger charge is 2.10. The number of halogens is 1. The van der Waals surface area contributed by atoms with Crippen LogP contribution in [0, 0.1) is 0 Å². The van der Waals surface area contributed by atoms with Crippen molar-refractivity contribution < 1.29 is 9.47 Å². The fraction of sp³-hybridized carbons (Fsp3) is 0.550. The molecule has 1 aromatic carbocycles. The van der Waals surface area contributed by atoms with E-state index in [0.717, 1.165) is 36.8 Å².